The van der Waals surface area contributed by atoms with Crippen LogP contribution in [0.25, 0.3) is 0 Å². The van der Waals surface area contributed by atoms with Crippen molar-refractivity contribution in [1.82, 2.24) is 0 Å². The van der Waals surface area contributed by atoms with Gasteiger partial charge in [0.15, 0.2) is 6.10 Å². The van der Waals surface area contributed by atoms with Crippen molar-refractivity contribution in [2.24, 2.45) is 0 Å². The van der Waals surface area contributed by atoms with E-state index in [0.29, 0.717) is 19.3 Å². The molecular weight excluding hydrogens is 973 g/mol. The predicted octanol–water partition coefficient (Wildman–Crippen LogP) is 23.9. The molecule has 0 aliphatic heterocycles. The first-order valence-electron chi connectivity index (χ1n) is 34.8. The average Bonchev–Trinajstić information content (AvgIpc) is 3.45. The Morgan fingerprint density at radius 2 is 0.494 bits per heavy atom. The predicted molar refractivity (Wildman–Crippen MR) is 344 cm³/mol. The SMILES string of the molecule is CC/C=C\C/C=C\C/C=C\C/C=C\C/C=C\CCCCCCCC(=O)OC(COC(=O)CCCCCCCCCCCCCC)COC(=O)CCCCCCCCCCCCCCCCCCCCCCCCCCCCCC. The molecule has 1 atom stereocenters. The molecule has 0 bridgehead atoms. The van der Waals surface area contributed by atoms with Gasteiger partial charge in [-0.05, 0) is 64.2 Å². The molecule has 0 rings (SSSR count). The molecule has 6 nitrogen and oxygen atoms in total. The fourth-order valence-corrected chi connectivity index (χ4v) is 10.4. The molecule has 6 heteroatoms. The molecular formula is C73H132O6. The summed E-state index contributed by atoms with van der Waals surface area (Å²) in [6.07, 6.45) is 86.8. The van der Waals surface area contributed by atoms with Crippen LogP contribution in [0.4, 0.5) is 0 Å². The van der Waals surface area contributed by atoms with Gasteiger partial charge in [-0.15, -0.1) is 0 Å². The van der Waals surface area contributed by atoms with Crippen molar-refractivity contribution in [3.05, 3.63) is 60.8 Å². The van der Waals surface area contributed by atoms with Crippen LogP contribution in [0, 0.1) is 0 Å². The van der Waals surface area contributed by atoms with Crippen molar-refractivity contribution in [3.63, 3.8) is 0 Å². The van der Waals surface area contributed by atoms with Crippen LogP contribution in [0.1, 0.15) is 367 Å². The molecule has 0 aromatic heterocycles. The lowest BCUT2D eigenvalue weighted by Gasteiger charge is -2.18. The Morgan fingerprint density at radius 3 is 0.772 bits per heavy atom. The van der Waals surface area contributed by atoms with Gasteiger partial charge in [0.05, 0.1) is 0 Å². The Balaban J connectivity index is 4.22. The third kappa shape index (κ3) is 65.8. The fourth-order valence-electron chi connectivity index (χ4n) is 10.4. The summed E-state index contributed by atoms with van der Waals surface area (Å²) in [5.74, 6) is -0.874. The van der Waals surface area contributed by atoms with Gasteiger partial charge in [-0.1, -0.05) is 345 Å². The summed E-state index contributed by atoms with van der Waals surface area (Å²) < 4.78 is 16.9. The summed E-state index contributed by atoms with van der Waals surface area (Å²) in [5, 5.41) is 0. The van der Waals surface area contributed by atoms with Crippen molar-refractivity contribution in [2.45, 2.75) is 374 Å². The van der Waals surface area contributed by atoms with Gasteiger partial charge in [-0.3, -0.25) is 14.4 Å². The third-order valence-electron chi connectivity index (χ3n) is 15.5. The Bertz CT molecular complexity index is 1410. The molecule has 0 spiro atoms. The van der Waals surface area contributed by atoms with Gasteiger partial charge in [0.25, 0.3) is 0 Å². The highest BCUT2D eigenvalue weighted by atomic mass is 16.6. The lowest BCUT2D eigenvalue weighted by Crippen LogP contribution is -2.30. The van der Waals surface area contributed by atoms with Crippen LogP contribution in [0.3, 0.4) is 0 Å². The molecule has 0 aromatic rings. The summed E-state index contributed by atoms with van der Waals surface area (Å²) in [6, 6.07) is 0. The number of allylic oxidation sites excluding steroid dienone is 10. The minimum atomic E-state index is -0.783. The van der Waals surface area contributed by atoms with Gasteiger partial charge in [-0.25, -0.2) is 0 Å². The van der Waals surface area contributed by atoms with Gasteiger partial charge >= 0.3 is 17.9 Å². The molecule has 0 radical (unpaired) electrons. The maximum absolute atomic E-state index is 12.9. The standard InChI is InChI=1S/C73H132O6/c1-4-7-10-13-16-19-22-25-27-29-31-33-34-35-36-37-38-39-41-42-44-46-48-51-54-57-60-63-66-72(75)78-69-70(68-77-71(74)65-62-59-56-53-50-24-21-18-15-12-9-6-3)79-73(76)67-64-61-58-55-52-49-47-45-43-40-32-30-28-26-23-20-17-14-11-8-5-2/h8,11,17,20,26,28,32,40,45,47,70H,4-7,9-10,12-16,18-19,21-25,27,29-31,33-39,41-44,46,48-69H2,1-3H3/b11-8-,20-17-,28-26-,40-32-,47-45-. The second-order valence-electron chi connectivity index (χ2n) is 23.4. The van der Waals surface area contributed by atoms with E-state index in [-0.39, 0.29) is 31.1 Å². The Morgan fingerprint density at radius 1 is 0.266 bits per heavy atom. The number of carbonyl (C=O) groups is 3. The van der Waals surface area contributed by atoms with E-state index in [9.17, 15) is 14.4 Å². The van der Waals surface area contributed by atoms with Crippen LogP contribution in [0.2, 0.25) is 0 Å². The lowest BCUT2D eigenvalue weighted by molar-refractivity contribution is -0.167. The maximum Gasteiger partial charge on any atom is 0.306 e. The first-order chi connectivity index (χ1) is 39.0. The zero-order chi connectivity index (χ0) is 57.1. The van der Waals surface area contributed by atoms with E-state index >= 15 is 0 Å². The molecule has 0 fully saturated rings. The smallest absolute Gasteiger partial charge is 0.306 e. The van der Waals surface area contributed by atoms with Gasteiger partial charge in [0.2, 0.25) is 0 Å². The monoisotopic (exact) mass is 1110 g/mol. The highest BCUT2D eigenvalue weighted by molar-refractivity contribution is 5.71. The molecule has 0 N–H and O–H groups in total. The second kappa shape index (κ2) is 67.6. The second-order valence-corrected chi connectivity index (χ2v) is 23.4. The van der Waals surface area contributed by atoms with Crippen LogP contribution < -0.4 is 0 Å². The highest BCUT2D eigenvalue weighted by Crippen LogP contribution is 2.18. The first kappa shape index (κ1) is 76.1. The molecule has 0 heterocycles. The van der Waals surface area contributed by atoms with E-state index in [1.54, 1.807) is 0 Å². The van der Waals surface area contributed by atoms with E-state index in [0.717, 1.165) is 109 Å². The first-order valence-corrected chi connectivity index (χ1v) is 34.8. The number of rotatable bonds is 64. The Kier molecular flexibility index (Phi) is 65.1. The quantitative estimate of drug-likeness (QED) is 0.0261. The van der Waals surface area contributed by atoms with Crippen LogP contribution in [-0.2, 0) is 28.6 Å². The molecule has 1 unspecified atom stereocenters. The summed E-state index contributed by atoms with van der Waals surface area (Å²) in [4.78, 5) is 38.4. The average molecular weight is 1110 g/mol. The highest BCUT2D eigenvalue weighted by Gasteiger charge is 2.19. The van der Waals surface area contributed by atoms with Crippen molar-refractivity contribution in [2.75, 3.05) is 13.2 Å². The van der Waals surface area contributed by atoms with Crippen molar-refractivity contribution >= 4 is 17.9 Å². The molecule has 460 valence electrons. The topological polar surface area (TPSA) is 78.9 Å². The largest absolute Gasteiger partial charge is 0.462 e. The van der Waals surface area contributed by atoms with E-state index in [4.69, 9.17) is 14.2 Å². The number of carbonyl (C=O) groups excluding carboxylic acids is 3. The minimum Gasteiger partial charge on any atom is -0.462 e. The van der Waals surface area contributed by atoms with Crippen LogP contribution in [0.5, 0.6) is 0 Å². The van der Waals surface area contributed by atoms with E-state index in [1.165, 1.54) is 218 Å². The molecule has 0 amide bonds. The van der Waals surface area contributed by atoms with Crippen LogP contribution >= 0.6 is 0 Å². The van der Waals surface area contributed by atoms with Gasteiger partial charge in [-0.2, -0.15) is 0 Å². The van der Waals surface area contributed by atoms with E-state index in [1.807, 2.05) is 0 Å². The van der Waals surface area contributed by atoms with Crippen molar-refractivity contribution in [3.8, 4) is 0 Å². The zero-order valence-corrected chi connectivity index (χ0v) is 52.9. The van der Waals surface area contributed by atoms with Crippen LogP contribution in [0.15, 0.2) is 60.8 Å². The number of unbranched alkanes of at least 4 members (excludes halogenated alkanes) is 43. The molecule has 0 aliphatic carbocycles. The lowest BCUT2D eigenvalue weighted by atomic mass is 10.0. The summed E-state index contributed by atoms with van der Waals surface area (Å²) in [6.45, 7) is 6.57. The molecule has 0 saturated carbocycles. The van der Waals surface area contributed by atoms with E-state index in [2.05, 4.69) is 81.5 Å². The Labute approximate surface area is 491 Å². The molecule has 0 aliphatic rings. The number of ether oxygens (including phenoxy) is 3. The summed E-state index contributed by atoms with van der Waals surface area (Å²) in [5.41, 5.74) is 0. The number of hydrogen-bond donors (Lipinski definition) is 0. The molecule has 79 heavy (non-hydrogen) atoms. The van der Waals surface area contributed by atoms with Gasteiger partial charge < -0.3 is 14.2 Å². The van der Waals surface area contributed by atoms with Crippen molar-refractivity contribution in [1.29, 1.82) is 0 Å². The van der Waals surface area contributed by atoms with Gasteiger partial charge in [0.1, 0.15) is 13.2 Å². The maximum atomic E-state index is 12.9. The Hall–Kier alpha value is -2.89. The minimum absolute atomic E-state index is 0.0776. The van der Waals surface area contributed by atoms with Crippen molar-refractivity contribution < 1.29 is 28.6 Å². The summed E-state index contributed by atoms with van der Waals surface area (Å²) in [7, 11) is 0. The molecule has 0 saturated heterocycles. The normalized spacial score (nSPS) is 12.4. The number of hydrogen-bond acceptors (Lipinski definition) is 6. The summed E-state index contributed by atoms with van der Waals surface area (Å²) >= 11 is 0. The zero-order valence-electron chi connectivity index (χ0n) is 52.9. The number of esters is 3. The molecule has 0 aromatic carbocycles. The van der Waals surface area contributed by atoms with Crippen LogP contribution in [-0.4, -0.2) is 37.2 Å². The fraction of sp³-hybridized carbons (Fsp3) is 0.822. The van der Waals surface area contributed by atoms with E-state index < -0.39 is 6.10 Å². The third-order valence-corrected chi connectivity index (χ3v) is 15.5. The van der Waals surface area contributed by atoms with Gasteiger partial charge in [0, 0.05) is 19.3 Å².